The minimum absolute atomic E-state index is 0.308. The molecule has 0 spiro atoms. The molecule has 0 amide bonds. The lowest BCUT2D eigenvalue weighted by Gasteiger charge is -2.23. The van der Waals surface area contributed by atoms with Crippen molar-refractivity contribution in [2.45, 2.75) is 24.8 Å². The number of thiophene rings is 1. The van der Waals surface area contributed by atoms with Crippen LogP contribution in [0, 0.1) is 6.92 Å². The van der Waals surface area contributed by atoms with E-state index in [1.165, 1.54) is 0 Å². The van der Waals surface area contributed by atoms with Gasteiger partial charge in [-0.05, 0) is 71.0 Å². The number of sulfonamides is 1. The summed E-state index contributed by atoms with van der Waals surface area (Å²) in [6.45, 7) is 2.70. The van der Waals surface area contributed by atoms with Gasteiger partial charge >= 0.3 is 0 Å². The lowest BCUT2D eigenvalue weighted by Crippen LogP contribution is -2.32. The third kappa shape index (κ3) is 5.05. The van der Waals surface area contributed by atoms with Gasteiger partial charge < -0.3 is 9.47 Å². The summed E-state index contributed by atoms with van der Waals surface area (Å²) < 4.78 is 39.8. The summed E-state index contributed by atoms with van der Waals surface area (Å²) in [4.78, 5) is 1.36. The Kier molecular flexibility index (Phi) is 7.02. The van der Waals surface area contributed by atoms with E-state index in [0.29, 0.717) is 35.9 Å². The molecule has 172 valence electrons. The number of rotatable bonds is 9. The molecule has 1 heterocycles. The minimum Gasteiger partial charge on any atom is -0.493 e. The van der Waals surface area contributed by atoms with Crippen LogP contribution >= 0.6 is 11.3 Å². The minimum atomic E-state index is -3.70. The molecule has 1 aromatic heterocycles. The predicted molar refractivity (Wildman–Crippen MR) is 134 cm³/mol. The SMILES string of the molecule is COc1ccc(CCN(Cc2sccc2C)S(=O)(=O)c2ccc3ccccc3c2)cc1OC. The highest BCUT2D eigenvalue weighted by Crippen LogP contribution is 2.29. The van der Waals surface area contributed by atoms with Crippen molar-refractivity contribution in [1.29, 1.82) is 0 Å². The number of benzene rings is 3. The van der Waals surface area contributed by atoms with Gasteiger partial charge in [0, 0.05) is 18.0 Å². The molecule has 0 radical (unpaired) electrons. The standard InChI is InChI=1S/C26H27NO4S2/c1-19-13-15-32-26(19)18-27(14-12-20-8-11-24(30-2)25(16-20)31-3)33(28,29)23-10-9-21-6-4-5-7-22(21)17-23/h4-11,13,15-17H,12,14,18H2,1-3H3. The number of aryl methyl sites for hydroxylation is 1. The summed E-state index contributed by atoms with van der Waals surface area (Å²) in [6, 6.07) is 20.8. The highest BCUT2D eigenvalue weighted by molar-refractivity contribution is 7.89. The zero-order valence-electron chi connectivity index (χ0n) is 18.9. The maximum absolute atomic E-state index is 13.7. The van der Waals surface area contributed by atoms with E-state index < -0.39 is 10.0 Å². The van der Waals surface area contributed by atoms with Crippen LogP contribution in [0.4, 0.5) is 0 Å². The normalized spacial score (nSPS) is 11.8. The van der Waals surface area contributed by atoms with E-state index in [1.54, 1.807) is 42.0 Å². The predicted octanol–water partition coefficient (Wildman–Crippen LogP) is 5.66. The van der Waals surface area contributed by atoms with Crippen molar-refractivity contribution >= 4 is 32.1 Å². The van der Waals surface area contributed by atoms with E-state index in [0.717, 1.165) is 26.8 Å². The van der Waals surface area contributed by atoms with Crippen molar-refractivity contribution in [2.75, 3.05) is 20.8 Å². The molecular formula is C26H27NO4S2. The molecule has 7 heteroatoms. The van der Waals surface area contributed by atoms with Crippen LogP contribution < -0.4 is 9.47 Å². The summed E-state index contributed by atoms with van der Waals surface area (Å²) in [7, 11) is -0.509. The highest BCUT2D eigenvalue weighted by Gasteiger charge is 2.26. The summed E-state index contributed by atoms with van der Waals surface area (Å²) in [6.07, 6.45) is 0.553. The van der Waals surface area contributed by atoms with E-state index in [9.17, 15) is 8.42 Å². The largest absolute Gasteiger partial charge is 0.493 e. The van der Waals surface area contributed by atoms with E-state index in [1.807, 2.05) is 66.9 Å². The third-order valence-corrected chi connectivity index (χ3v) is 8.59. The van der Waals surface area contributed by atoms with Crippen LogP contribution in [-0.4, -0.2) is 33.5 Å². The molecule has 0 atom stereocenters. The number of methoxy groups -OCH3 is 2. The molecule has 5 nitrogen and oxygen atoms in total. The summed E-state index contributed by atoms with van der Waals surface area (Å²) in [5.41, 5.74) is 2.08. The summed E-state index contributed by atoms with van der Waals surface area (Å²) in [5.74, 6) is 1.28. The van der Waals surface area contributed by atoms with Crippen molar-refractivity contribution in [2.24, 2.45) is 0 Å². The van der Waals surface area contributed by atoms with Crippen molar-refractivity contribution in [1.82, 2.24) is 4.31 Å². The van der Waals surface area contributed by atoms with Gasteiger partial charge in [0.15, 0.2) is 11.5 Å². The Morgan fingerprint density at radius 1 is 0.879 bits per heavy atom. The van der Waals surface area contributed by atoms with Crippen LogP contribution in [-0.2, 0) is 23.0 Å². The van der Waals surface area contributed by atoms with E-state index in [-0.39, 0.29) is 0 Å². The first-order chi connectivity index (χ1) is 15.9. The molecule has 3 aromatic carbocycles. The van der Waals surface area contributed by atoms with Crippen LogP contribution in [0.2, 0.25) is 0 Å². The smallest absolute Gasteiger partial charge is 0.243 e. The van der Waals surface area contributed by atoms with E-state index in [4.69, 9.17) is 9.47 Å². The first-order valence-corrected chi connectivity index (χ1v) is 13.0. The van der Waals surface area contributed by atoms with Gasteiger partial charge in [0.25, 0.3) is 0 Å². The van der Waals surface area contributed by atoms with Crippen molar-refractivity contribution in [3.05, 3.63) is 88.1 Å². The van der Waals surface area contributed by atoms with Crippen LogP contribution in [0.15, 0.2) is 77.0 Å². The molecule has 0 saturated heterocycles. The van der Waals surface area contributed by atoms with Crippen LogP contribution in [0.1, 0.15) is 16.0 Å². The summed E-state index contributed by atoms with van der Waals surface area (Å²) in [5, 5.41) is 3.92. The Morgan fingerprint density at radius 3 is 2.33 bits per heavy atom. The Balaban J connectivity index is 1.66. The number of hydrogen-bond acceptors (Lipinski definition) is 5. The van der Waals surface area contributed by atoms with Gasteiger partial charge in [-0.25, -0.2) is 8.42 Å². The fraction of sp³-hybridized carbons (Fsp3) is 0.231. The Labute approximate surface area is 199 Å². The number of ether oxygens (including phenoxy) is 2. The van der Waals surface area contributed by atoms with Gasteiger partial charge in [0.2, 0.25) is 10.0 Å². The Bertz CT molecular complexity index is 1360. The first-order valence-electron chi connectivity index (χ1n) is 10.6. The average molecular weight is 482 g/mol. The van der Waals surface area contributed by atoms with Crippen molar-refractivity contribution < 1.29 is 17.9 Å². The monoisotopic (exact) mass is 481 g/mol. The molecule has 0 aliphatic rings. The highest BCUT2D eigenvalue weighted by atomic mass is 32.2. The molecule has 0 unspecified atom stereocenters. The van der Waals surface area contributed by atoms with Gasteiger partial charge in [-0.1, -0.05) is 36.4 Å². The molecule has 0 aliphatic carbocycles. The molecular weight excluding hydrogens is 454 g/mol. The number of hydrogen-bond donors (Lipinski definition) is 0. The van der Waals surface area contributed by atoms with Gasteiger partial charge in [-0.2, -0.15) is 4.31 Å². The average Bonchev–Trinajstić information content (AvgIpc) is 3.25. The third-order valence-electron chi connectivity index (χ3n) is 5.74. The Hall–Kier alpha value is -2.87. The van der Waals surface area contributed by atoms with Gasteiger partial charge in [0.1, 0.15) is 0 Å². The second-order valence-corrected chi connectivity index (χ2v) is 10.8. The second kappa shape index (κ2) is 9.95. The van der Waals surface area contributed by atoms with E-state index >= 15 is 0 Å². The van der Waals surface area contributed by atoms with Gasteiger partial charge in [-0.15, -0.1) is 11.3 Å². The maximum atomic E-state index is 13.7. The first kappa shape index (κ1) is 23.3. The number of fused-ring (bicyclic) bond motifs is 1. The van der Waals surface area contributed by atoms with Crippen LogP contribution in [0.5, 0.6) is 11.5 Å². The molecule has 0 fully saturated rings. The number of nitrogens with zero attached hydrogens (tertiary/aromatic N) is 1. The Morgan fingerprint density at radius 2 is 1.64 bits per heavy atom. The molecule has 33 heavy (non-hydrogen) atoms. The van der Waals surface area contributed by atoms with Gasteiger partial charge in [0.05, 0.1) is 19.1 Å². The van der Waals surface area contributed by atoms with E-state index in [2.05, 4.69) is 0 Å². The molecule has 4 rings (SSSR count). The topological polar surface area (TPSA) is 55.8 Å². The summed E-state index contributed by atoms with van der Waals surface area (Å²) >= 11 is 1.58. The fourth-order valence-electron chi connectivity index (χ4n) is 3.78. The van der Waals surface area contributed by atoms with Gasteiger partial charge in [-0.3, -0.25) is 0 Å². The molecule has 0 aliphatic heterocycles. The fourth-order valence-corrected chi connectivity index (χ4v) is 6.22. The lowest BCUT2D eigenvalue weighted by atomic mass is 10.1. The maximum Gasteiger partial charge on any atom is 0.243 e. The molecule has 4 aromatic rings. The second-order valence-electron chi connectivity index (χ2n) is 7.81. The zero-order valence-corrected chi connectivity index (χ0v) is 20.6. The van der Waals surface area contributed by atoms with Crippen LogP contribution in [0.3, 0.4) is 0 Å². The zero-order chi connectivity index (χ0) is 23.4. The molecule has 0 bridgehead atoms. The quantitative estimate of drug-likeness (QED) is 0.310. The molecule has 0 N–H and O–H groups in total. The molecule has 0 saturated carbocycles. The lowest BCUT2D eigenvalue weighted by molar-refractivity contribution is 0.354. The van der Waals surface area contributed by atoms with Crippen molar-refractivity contribution in [3.8, 4) is 11.5 Å². The van der Waals surface area contributed by atoms with Crippen molar-refractivity contribution in [3.63, 3.8) is 0 Å². The van der Waals surface area contributed by atoms with Crippen LogP contribution in [0.25, 0.3) is 10.8 Å².